The molecule has 152 valence electrons. The third-order valence-electron chi connectivity index (χ3n) is 5.69. The van der Waals surface area contributed by atoms with Crippen molar-refractivity contribution in [3.8, 4) is 0 Å². The number of hydrogen-bond donors (Lipinski definition) is 1. The van der Waals surface area contributed by atoms with Gasteiger partial charge in [-0.25, -0.2) is 4.98 Å². The topological polar surface area (TPSA) is 74.5 Å². The molecule has 0 saturated carbocycles. The number of quaternary nitrogens is 1. The van der Waals surface area contributed by atoms with Crippen LogP contribution in [0.1, 0.15) is 18.4 Å². The standard InChI is InChI=1S/C23H23N5OS/c29-22-18(15-25-14-16-10-12-24-13-11-16)21(17-6-2-1-3-7-17)27-28(22)23-26-19-8-4-5-9-20(19)30-23/h1-9,15-16,18,24H,10-14H2/p+1/t18-/m1/s1. The average Bonchev–Trinajstić information content (AvgIpc) is 3.36. The Morgan fingerprint density at radius 1 is 1.10 bits per heavy atom. The lowest BCUT2D eigenvalue weighted by Crippen LogP contribution is -2.86. The number of thiazole rings is 1. The molecule has 0 spiro atoms. The van der Waals surface area contributed by atoms with E-state index in [1.165, 1.54) is 42.3 Å². The van der Waals surface area contributed by atoms with E-state index in [2.05, 4.69) is 15.3 Å². The lowest BCUT2D eigenvalue weighted by atomic mass is 9.97. The number of hydrazone groups is 1. The molecule has 0 aliphatic carbocycles. The molecule has 0 radical (unpaired) electrons. The van der Waals surface area contributed by atoms with Crippen LogP contribution in [-0.4, -0.2) is 42.5 Å². The van der Waals surface area contributed by atoms with Crippen molar-refractivity contribution in [3.05, 3.63) is 60.2 Å². The molecule has 2 aliphatic rings. The van der Waals surface area contributed by atoms with Gasteiger partial charge in [-0.15, -0.1) is 0 Å². The Kier molecular flexibility index (Phi) is 5.38. The van der Waals surface area contributed by atoms with E-state index < -0.39 is 5.92 Å². The first-order valence-corrected chi connectivity index (χ1v) is 11.3. The van der Waals surface area contributed by atoms with Gasteiger partial charge in [-0.05, 0) is 23.6 Å². The summed E-state index contributed by atoms with van der Waals surface area (Å²) in [5.41, 5.74) is 2.56. The summed E-state index contributed by atoms with van der Waals surface area (Å²) in [6, 6.07) is 17.8. The van der Waals surface area contributed by atoms with Gasteiger partial charge >= 0.3 is 0 Å². The van der Waals surface area contributed by atoms with E-state index in [-0.39, 0.29) is 5.91 Å². The molecule has 2 N–H and O–H groups in total. The third-order valence-corrected chi connectivity index (χ3v) is 6.70. The maximum Gasteiger partial charge on any atom is 0.264 e. The zero-order chi connectivity index (χ0) is 20.3. The molecule has 7 heteroatoms. The lowest BCUT2D eigenvalue weighted by molar-refractivity contribution is -0.664. The number of carbonyl (C=O) groups excluding carboxylic acids is 1. The van der Waals surface area contributed by atoms with Crippen LogP contribution in [0.15, 0.2) is 64.7 Å². The SMILES string of the molecule is O=C1[C@H](C=NCC2CC[NH2+]CC2)C(c2ccccc2)=NN1c1nc2ccccc2s1. The first kappa shape index (κ1) is 19.1. The average molecular weight is 419 g/mol. The van der Waals surface area contributed by atoms with E-state index in [1.807, 2.05) is 54.6 Å². The minimum Gasteiger partial charge on any atom is -0.346 e. The second-order valence-electron chi connectivity index (χ2n) is 7.77. The highest BCUT2D eigenvalue weighted by atomic mass is 32.1. The number of nitrogens with two attached hydrogens (primary N) is 1. The summed E-state index contributed by atoms with van der Waals surface area (Å²) in [6.45, 7) is 3.12. The second-order valence-corrected chi connectivity index (χ2v) is 8.78. The zero-order valence-electron chi connectivity index (χ0n) is 16.6. The molecule has 1 fully saturated rings. The van der Waals surface area contributed by atoms with Crippen molar-refractivity contribution in [2.75, 3.05) is 24.6 Å². The van der Waals surface area contributed by atoms with Crippen LogP contribution in [0.25, 0.3) is 10.2 Å². The van der Waals surface area contributed by atoms with Crippen LogP contribution in [0.5, 0.6) is 0 Å². The maximum absolute atomic E-state index is 13.3. The predicted octanol–water partition coefficient (Wildman–Crippen LogP) is 2.71. The highest BCUT2D eigenvalue weighted by molar-refractivity contribution is 7.22. The summed E-state index contributed by atoms with van der Waals surface area (Å²) in [5, 5.41) is 9.12. The van der Waals surface area contributed by atoms with Gasteiger partial charge in [0.1, 0.15) is 5.92 Å². The van der Waals surface area contributed by atoms with Crippen LogP contribution < -0.4 is 10.3 Å². The molecule has 5 rings (SSSR count). The largest absolute Gasteiger partial charge is 0.346 e. The van der Waals surface area contributed by atoms with Gasteiger partial charge in [0.15, 0.2) is 0 Å². The Morgan fingerprint density at radius 3 is 2.67 bits per heavy atom. The first-order valence-electron chi connectivity index (χ1n) is 10.4. The van der Waals surface area contributed by atoms with Crippen molar-refractivity contribution in [2.45, 2.75) is 12.8 Å². The van der Waals surface area contributed by atoms with Crippen molar-refractivity contribution in [1.82, 2.24) is 4.98 Å². The smallest absolute Gasteiger partial charge is 0.264 e. The molecular weight excluding hydrogens is 394 g/mol. The number of amides is 1. The molecular formula is C23H24N5OS+. The molecule has 6 nitrogen and oxygen atoms in total. The molecule has 0 bridgehead atoms. The Balaban J connectivity index is 1.44. The minimum atomic E-state index is -0.477. The molecule has 1 atom stereocenters. The van der Waals surface area contributed by atoms with Gasteiger partial charge in [0, 0.05) is 25.6 Å². The minimum absolute atomic E-state index is 0.0892. The van der Waals surface area contributed by atoms with Crippen LogP contribution in [0.2, 0.25) is 0 Å². The Bertz CT molecular complexity index is 1070. The van der Waals surface area contributed by atoms with Crippen LogP contribution in [0.4, 0.5) is 5.13 Å². The molecule has 3 heterocycles. The quantitative estimate of drug-likeness (QED) is 0.647. The molecule has 1 aromatic heterocycles. The summed E-state index contributed by atoms with van der Waals surface area (Å²) in [4.78, 5) is 22.7. The third kappa shape index (κ3) is 3.78. The molecule has 0 unspecified atom stereocenters. The van der Waals surface area contributed by atoms with Gasteiger partial charge in [-0.1, -0.05) is 53.8 Å². The van der Waals surface area contributed by atoms with E-state index in [9.17, 15) is 4.79 Å². The van der Waals surface area contributed by atoms with E-state index in [4.69, 9.17) is 5.10 Å². The van der Waals surface area contributed by atoms with Gasteiger partial charge in [-0.3, -0.25) is 9.79 Å². The fourth-order valence-corrected chi connectivity index (χ4v) is 4.95. The number of anilines is 1. The zero-order valence-corrected chi connectivity index (χ0v) is 17.5. The summed E-state index contributed by atoms with van der Waals surface area (Å²) in [5.74, 6) is 0.0448. The number of fused-ring (bicyclic) bond motifs is 1. The molecule has 3 aromatic rings. The van der Waals surface area contributed by atoms with Crippen molar-refractivity contribution in [2.24, 2.45) is 21.9 Å². The molecule has 30 heavy (non-hydrogen) atoms. The van der Waals surface area contributed by atoms with Crippen LogP contribution in [-0.2, 0) is 4.79 Å². The highest BCUT2D eigenvalue weighted by Crippen LogP contribution is 2.33. The van der Waals surface area contributed by atoms with E-state index in [1.54, 1.807) is 6.21 Å². The number of aliphatic imine (C=N–C) groups is 1. The Labute approximate surface area is 179 Å². The van der Waals surface area contributed by atoms with E-state index >= 15 is 0 Å². The second kappa shape index (κ2) is 8.45. The fourth-order valence-electron chi connectivity index (χ4n) is 4.03. The normalized spacial score (nSPS) is 20.4. The number of hydrogen-bond acceptors (Lipinski definition) is 5. The Hall–Kier alpha value is -2.90. The van der Waals surface area contributed by atoms with Crippen molar-refractivity contribution < 1.29 is 10.1 Å². The molecule has 2 aliphatic heterocycles. The van der Waals surface area contributed by atoms with E-state index in [0.717, 1.165) is 28.0 Å². The Morgan fingerprint density at radius 2 is 1.87 bits per heavy atom. The van der Waals surface area contributed by atoms with Gasteiger partial charge in [-0.2, -0.15) is 10.1 Å². The number of piperidine rings is 1. The summed E-state index contributed by atoms with van der Waals surface area (Å²) < 4.78 is 1.04. The monoisotopic (exact) mass is 418 g/mol. The summed E-state index contributed by atoms with van der Waals surface area (Å²) in [7, 11) is 0. The fraction of sp³-hybridized carbons (Fsp3) is 0.304. The molecule has 1 saturated heterocycles. The van der Waals surface area contributed by atoms with Crippen LogP contribution in [0, 0.1) is 11.8 Å². The summed E-state index contributed by atoms with van der Waals surface area (Å²) >= 11 is 1.48. The van der Waals surface area contributed by atoms with Crippen molar-refractivity contribution in [3.63, 3.8) is 0 Å². The van der Waals surface area contributed by atoms with Gasteiger partial charge in [0.25, 0.3) is 5.91 Å². The predicted molar refractivity (Wildman–Crippen MR) is 121 cm³/mol. The number of rotatable bonds is 5. The lowest BCUT2D eigenvalue weighted by Gasteiger charge is -2.18. The molecule has 1 amide bonds. The number of benzene rings is 2. The molecule has 2 aromatic carbocycles. The number of aromatic nitrogens is 1. The van der Waals surface area contributed by atoms with Crippen molar-refractivity contribution >= 4 is 44.5 Å². The van der Waals surface area contributed by atoms with Crippen molar-refractivity contribution in [1.29, 1.82) is 0 Å². The van der Waals surface area contributed by atoms with Gasteiger partial charge in [0.05, 0.1) is 29.0 Å². The highest BCUT2D eigenvalue weighted by Gasteiger charge is 2.37. The first-order chi connectivity index (χ1) is 14.8. The maximum atomic E-state index is 13.3. The van der Waals surface area contributed by atoms with Crippen LogP contribution >= 0.6 is 11.3 Å². The van der Waals surface area contributed by atoms with Crippen LogP contribution in [0.3, 0.4) is 0 Å². The number of carbonyl (C=O) groups is 1. The van der Waals surface area contributed by atoms with Gasteiger partial charge in [0.2, 0.25) is 5.13 Å². The number of para-hydroxylation sites is 1. The summed E-state index contributed by atoms with van der Waals surface area (Å²) in [6.07, 6.45) is 4.18. The van der Waals surface area contributed by atoms with E-state index in [0.29, 0.717) is 11.0 Å². The van der Waals surface area contributed by atoms with Gasteiger partial charge < -0.3 is 5.32 Å². The number of nitrogens with zero attached hydrogens (tertiary/aromatic N) is 4.